The summed E-state index contributed by atoms with van der Waals surface area (Å²) < 4.78 is 11.0. The summed E-state index contributed by atoms with van der Waals surface area (Å²) in [4.78, 5) is 4.70. The van der Waals surface area contributed by atoms with Crippen LogP contribution in [0.15, 0.2) is 30.3 Å². The number of nitrogens with one attached hydrogen (secondary N) is 1. The first kappa shape index (κ1) is 14.3. The van der Waals surface area contributed by atoms with E-state index >= 15 is 0 Å². The molecule has 1 aromatic heterocycles. The highest BCUT2D eigenvalue weighted by Gasteiger charge is 2.14. The van der Waals surface area contributed by atoms with E-state index in [1.165, 1.54) is 12.8 Å². The molecule has 1 fully saturated rings. The third-order valence-electron chi connectivity index (χ3n) is 3.93. The van der Waals surface area contributed by atoms with Crippen molar-refractivity contribution in [1.82, 2.24) is 10.3 Å². The zero-order valence-electron chi connectivity index (χ0n) is 12.5. The van der Waals surface area contributed by atoms with E-state index in [4.69, 9.17) is 14.5 Å². The number of rotatable bonds is 6. The summed E-state index contributed by atoms with van der Waals surface area (Å²) in [5, 5.41) is 4.56. The highest BCUT2D eigenvalue weighted by Crippen LogP contribution is 2.23. The van der Waals surface area contributed by atoms with Crippen molar-refractivity contribution in [2.45, 2.75) is 31.9 Å². The second kappa shape index (κ2) is 6.87. The fraction of sp³-hybridized carbons (Fsp3) is 0.471. The Hall–Kier alpha value is -1.65. The van der Waals surface area contributed by atoms with Crippen molar-refractivity contribution in [2.24, 2.45) is 0 Å². The highest BCUT2D eigenvalue weighted by atomic mass is 16.5. The van der Waals surface area contributed by atoms with Crippen LogP contribution in [0.1, 0.15) is 25.0 Å². The van der Waals surface area contributed by atoms with Crippen LogP contribution >= 0.6 is 0 Å². The van der Waals surface area contributed by atoms with Crippen LogP contribution in [0, 0.1) is 0 Å². The maximum atomic E-state index is 5.62. The molecule has 0 aliphatic carbocycles. The zero-order valence-corrected chi connectivity index (χ0v) is 12.5. The van der Waals surface area contributed by atoms with Gasteiger partial charge in [-0.05, 0) is 37.9 Å². The molecular formula is C17H22N2O2. The number of hydrogen-bond acceptors (Lipinski definition) is 4. The molecule has 1 saturated heterocycles. The predicted octanol–water partition coefficient (Wildman–Crippen LogP) is 2.90. The number of fused-ring (bicyclic) bond motifs is 1. The van der Waals surface area contributed by atoms with Crippen LogP contribution in [0.25, 0.3) is 10.9 Å². The predicted molar refractivity (Wildman–Crippen MR) is 83.6 cm³/mol. The molecule has 1 unspecified atom stereocenters. The minimum absolute atomic E-state index is 0.446. The van der Waals surface area contributed by atoms with Crippen molar-refractivity contribution in [2.75, 3.05) is 20.3 Å². The van der Waals surface area contributed by atoms with Crippen LogP contribution in [0.3, 0.4) is 0 Å². The van der Waals surface area contributed by atoms with Gasteiger partial charge in [0, 0.05) is 18.5 Å². The SMILES string of the molecule is COc1cccc2ccc(CNCCC3CCCO3)nc12. The van der Waals surface area contributed by atoms with Crippen molar-refractivity contribution in [1.29, 1.82) is 0 Å². The smallest absolute Gasteiger partial charge is 0.145 e. The van der Waals surface area contributed by atoms with Crippen molar-refractivity contribution >= 4 is 10.9 Å². The number of benzene rings is 1. The van der Waals surface area contributed by atoms with Crippen molar-refractivity contribution in [3.63, 3.8) is 0 Å². The lowest BCUT2D eigenvalue weighted by Gasteiger charge is -2.10. The maximum Gasteiger partial charge on any atom is 0.145 e. The minimum atomic E-state index is 0.446. The van der Waals surface area contributed by atoms with Crippen LogP contribution in [0.5, 0.6) is 5.75 Å². The fourth-order valence-electron chi connectivity index (χ4n) is 2.77. The Kier molecular flexibility index (Phi) is 4.68. The third kappa shape index (κ3) is 3.52. The average Bonchev–Trinajstić information content (AvgIpc) is 3.04. The number of ether oxygens (including phenoxy) is 2. The van der Waals surface area contributed by atoms with E-state index in [0.29, 0.717) is 6.10 Å². The molecule has 21 heavy (non-hydrogen) atoms. The Balaban J connectivity index is 1.58. The number of aromatic nitrogens is 1. The molecule has 1 aliphatic rings. The number of para-hydroxylation sites is 1. The molecule has 1 N–H and O–H groups in total. The van der Waals surface area contributed by atoms with Gasteiger partial charge in [0.2, 0.25) is 0 Å². The lowest BCUT2D eigenvalue weighted by Crippen LogP contribution is -2.20. The summed E-state index contributed by atoms with van der Waals surface area (Å²) in [5.41, 5.74) is 1.97. The van der Waals surface area contributed by atoms with Crippen LogP contribution in [0.2, 0.25) is 0 Å². The van der Waals surface area contributed by atoms with Gasteiger partial charge in [-0.2, -0.15) is 0 Å². The first-order chi connectivity index (χ1) is 10.4. The normalized spacial score (nSPS) is 18.2. The minimum Gasteiger partial charge on any atom is -0.494 e. The zero-order chi connectivity index (χ0) is 14.5. The molecule has 0 radical (unpaired) electrons. The molecular weight excluding hydrogens is 264 g/mol. The van der Waals surface area contributed by atoms with E-state index in [1.807, 2.05) is 12.1 Å². The van der Waals surface area contributed by atoms with Gasteiger partial charge >= 0.3 is 0 Å². The molecule has 3 rings (SSSR count). The Morgan fingerprint density at radius 2 is 2.29 bits per heavy atom. The molecule has 1 aromatic carbocycles. The third-order valence-corrected chi connectivity index (χ3v) is 3.93. The van der Waals surface area contributed by atoms with Crippen LogP contribution < -0.4 is 10.1 Å². The van der Waals surface area contributed by atoms with Gasteiger partial charge in [0.05, 0.1) is 18.9 Å². The summed E-state index contributed by atoms with van der Waals surface area (Å²) in [7, 11) is 1.68. The van der Waals surface area contributed by atoms with Crippen molar-refractivity contribution < 1.29 is 9.47 Å². The maximum absolute atomic E-state index is 5.62. The van der Waals surface area contributed by atoms with Crippen LogP contribution in [-0.4, -0.2) is 31.3 Å². The lowest BCUT2D eigenvalue weighted by molar-refractivity contribution is 0.104. The van der Waals surface area contributed by atoms with Gasteiger partial charge in [-0.15, -0.1) is 0 Å². The van der Waals surface area contributed by atoms with Gasteiger partial charge in [-0.1, -0.05) is 18.2 Å². The van der Waals surface area contributed by atoms with Gasteiger partial charge < -0.3 is 14.8 Å². The Morgan fingerprint density at radius 3 is 3.10 bits per heavy atom. The Labute approximate surface area is 125 Å². The number of nitrogens with zero attached hydrogens (tertiary/aromatic N) is 1. The van der Waals surface area contributed by atoms with Crippen LogP contribution in [0.4, 0.5) is 0 Å². The molecule has 4 heteroatoms. The largest absolute Gasteiger partial charge is 0.494 e. The van der Waals surface area contributed by atoms with E-state index < -0.39 is 0 Å². The molecule has 0 spiro atoms. The molecule has 4 nitrogen and oxygen atoms in total. The van der Waals surface area contributed by atoms with Gasteiger partial charge in [-0.3, -0.25) is 0 Å². The second-order valence-corrected chi connectivity index (χ2v) is 5.44. The topological polar surface area (TPSA) is 43.4 Å². The lowest BCUT2D eigenvalue weighted by atomic mass is 10.1. The van der Waals surface area contributed by atoms with E-state index in [-0.39, 0.29) is 0 Å². The molecule has 0 amide bonds. The molecule has 1 aliphatic heterocycles. The van der Waals surface area contributed by atoms with E-state index in [9.17, 15) is 0 Å². The summed E-state index contributed by atoms with van der Waals surface area (Å²) in [5.74, 6) is 0.828. The van der Waals surface area contributed by atoms with E-state index in [0.717, 1.165) is 48.5 Å². The molecule has 112 valence electrons. The summed E-state index contributed by atoms with van der Waals surface area (Å²) in [6, 6.07) is 10.2. The van der Waals surface area contributed by atoms with Gasteiger partial charge in [-0.25, -0.2) is 4.98 Å². The van der Waals surface area contributed by atoms with Crippen molar-refractivity contribution in [3.8, 4) is 5.75 Å². The quantitative estimate of drug-likeness (QED) is 0.829. The van der Waals surface area contributed by atoms with E-state index in [2.05, 4.69) is 23.5 Å². The molecule has 2 heterocycles. The Bertz CT molecular complexity index is 594. The van der Waals surface area contributed by atoms with Crippen molar-refractivity contribution in [3.05, 3.63) is 36.0 Å². The first-order valence-corrected chi connectivity index (χ1v) is 7.62. The number of pyridine rings is 1. The fourth-order valence-corrected chi connectivity index (χ4v) is 2.77. The molecule has 0 bridgehead atoms. The van der Waals surface area contributed by atoms with E-state index in [1.54, 1.807) is 7.11 Å². The molecule has 1 atom stereocenters. The summed E-state index contributed by atoms with van der Waals surface area (Å²) in [6.07, 6.45) is 3.93. The Morgan fingerprint density at radius 1 is 1.33 bits per heavy atom. The monoisotopic (exact) mass is 286 g/mol. The molecule has 0 saturated carbocycles. The van der Waals surface area contributed by atoms with Gasteiger partial charge in [0.1, 0.15) is 11.3 Å². The second-order valence-electron chi connectivity index (χ2n) is 5.44. The first-order valence-electron chi connectivity index (χ1n) is 7.62. The highest BCUT2D eigenvalue weighted by molar-refractivity contribution is 5.84. The summed E-state index contributed by atoms with van der Waals surface area (Å²) >= 11 is 0. The van der Waals surface area contributed by atoms with Crippen LogP contribution in [-0.2, 0) is 11.3 Å². The average molecular weight is 286 g/mol. The summed E-state index contributed by atoms with van der Waals surface area (Å²) in [6.45, 7) is 2.67. The van der Waals surface area contributed by atoms with Gasteiger partial charge in [0.25, 0.3) is 0 Å². The molecule has 2 aromatic rings. The number of methoxy groups -OCH3 is 1. The standard InChI is InChI=1S/C17H22N2O2/c1-20-16-6-2-4-13-7-8-14(19-17(13)16)12-18-10-9-15-5-3-11-21-15/h2,4,6-8,15,18H,3,5,9-12H2,1H3. The van der Waals surface area contributed by atoms with Gasteiger partial charge in [0.15, 0.2) is 0 Å². The number of hydrogen-bond donors (Lipinski definition) is 1.